The fourth-order valence-electron chi connectivity index (χ4n) is 2.70. The lowest BCUT2D eigenvalue weighted by Crippen LogP contribution is -2.16. The average molecular weight is 466 g/mol. The number of thiophene rings is 1. The molecule has 0 aliphatic carbocycles. The highest BCUT2D eigenvalue weighted by molar-refractivity contribution is 7.99. The normalized spacial score (nSPS) is 10.8. The molecule has 2 aromatic heterocycles. The Morgan fingerprint density at radius 3 is 2.63 bits per heavy atom. The Morgan fingerprint density at radius 2 is 1.97 bits per heavy atom. The van der Waals surface area contributed by atoms with Crippen LogP contribution in [0.4, 0.5) is 5.00 Å². The van der Waals surface area contributed by atoms with E-state index in [9.17, 15) is 9.59 Å². The molecule has 1 amide bonds. The molecule has 0 aliphatic rings. The van der Waals surface area contributed by atoms with E-state index in [0.29, 0.717) is 21.5 Å². The number of benzene rings is 1. The Hall–Kier alpha value is -2.36. The molecule has 0 atom stereocenters. The number of carbonyl (C=O) groups excluding carboxylic acids is 2. The summed E-state index contributed by atoms with van der Waals surface area (Å²) in [5, 5.41) is 12.2. The van der Waals surface area contributed by atoms with Gasteiger partial charge in [-0.1, -0.05) is 30.3 Å². The summed E-state index contributed by atoms with van der Waals surface area (Å²) in [5.41, 5.74) is 2.00. The maximum Gasteiger partial charge on any atom is 0.341 e. The summed E-state index contributed by atoms with van der Waals surface area (Å²) in [5.74, 6) is -0.303. The molecule has 3 aromatic rings. The van der Waals surface area contributed by atoms with Gasteiger partial charge in [-0.05, 0) is 50.1 Å². The number of esters is 1. The van der Waals surface area contributed by atoms with E-state index < -0.39 is 5.97 Å². The fourth-order valence-corrected chi connectivity index (χ4v) is 4.54. The first-order valence-corrected chi connectivity index (χ1v) is 11.4. The first-order valence-electron chi connectivity index (χ1n) is 9.24. The van der Waals surface area contributed by atoms with Crippen LogP contribution in [0, 0.1) is 6.92 Å². The minimum atomic E-state index is -0.432. The Morgan fingerprint density at radius 1 is 1.23 bits per heavy atom. The van der Waals surface area contributed by atoms with E-state index in [4.69, 9.17) is 20.8 Å². The van der Waals surface area contributed by atoms with E-state index in [-0.39, 0.29) is 23.5 Å². The number of ether oxygens (including phenoxy) is 1. The van der Waals surface area contributed by atoms with Gasteiger partial charge in [-0.15, -0.1) is 21.5 Å². The second-order valence-corrected chi connectivity index (χ2v) is 8.61. The molecule has 2 heterocycles. The van der Waals surface area contributed by atoms with Gasteiger partial charge in [0.1, 0.15) is 5.00 Å². The van der Waals surface area contributed by atoms with Crippen molar-refractivity contribution < 1.29 is 18.7 Å². The molecular weight excluding hydrogens is 446 g/mol. The van der Waals surface area contributed by atoms with Gasteiger partial charge in [0.05, 0.1) is 17.9 Å². The number of thioether (sulfide) groups is 1. The SMILES string of the molecule is CCOC(=O)c1c(NC(=O)CSc2nnc(-c3ccc(Cl)cc3)o2)sc(CC)c1C. The van der Waals surface area contributed by atoms with Crippen molar-refractivity contribution in [2.75, 3.05) is 17.7 Å². The van der Waals surface area contributed by atoms with Gasteiger partial charge in [-0.2, -0.15) is 0 Å². The van der Waals surface area contributed by atoms with Gasteiger partial charge in [-0.3, -0.25) is 4.79 Å². The Balaban J connectivity index is 1.65. The molecule has 30 heavy (non-hydrogen) atoms. The molecule has 1 aromatic carbocycles. The quantitative estimate of drug-likeness (QED) is 0.359. The van der Waals surface area contributed by atoms with Crippen molar-refractivity contribution in [2.24, 2.45) is 0 Å². The summed E-state index contributed by atoms with van der Waals surface area (Å²) >= 11 is 8.39. The van der Waals surface area contributed by atoms with Gasteiger partial charge in [-0.25, -0.2) is 4.79 Å². The van der Waals surface area contributed by atoms with Crippen molar-refractivity contribution >= 4 is 51.6 Å². The second-order valence-electron chi connectivity index (χ2n) is 6.15. The molecule has 7 nitrogen and oxygen atoms in total. The number of hydrogen-bond donors (Lipinski definition) is 1. The van der Waals surface area contributed by atoms with Crippen molar-refractivity contribution in [3.05, 3.63) is 45.3 Å². The minimum absolute atomic E-state index is 0.0585. The zero-order chi connectivity index (χ0) is 21.7. The third-order valence-corrected chi connectivity index (χ3v) is 6.55. The number of aryl methyl sites for hydroxylation is 1. The lowest BCUT2D eigenvalue weighted by Gasteiger charge is -2.06. The average Bonchev–Trinajstić information content (AvgIpc) is 3.31. The van der Waals surface area contributed by atoms with Crippen LogP contribution < -0.4 is 5.32 Å². The Labute approximate surface area is 187 Å². The van der Waals surface area contributed by atoms with Crippen LogP contribution in [-0.4, -0.2) is 34.4 Å². The molecule has 0 bridgehead atoms. The molecule has 3 rings (SSSR count). The molecular formula is C20H20ClN3O4S2. The number of halogens is 1. The number of nitrogens with zero attached hydrogens (tertiary/aromatic N) is 2. The van der Waals surface area contributed by atoms with Gasteiger partial charge >= 0.3 is 5.97 Å². The van der Waals surface area contributed by atoms with E-state index in [1.54, 1.807) is 31.2 Å². The summed E-state index contributed by atoms with van der Waals surface area (Å²) in [4.78, 5) is 25.8. The van der Waals surface area contributed by atoms with Crippen LogP contribution >= 0.6 is 34.7 Å². The lowest BCUT2D eigenvalue weighted by molar-refractivity contribution is -0.113. The van der Waals surface area contributed by atoms with Crippen molar-refractivity contribution in [2.45, 2.75) is 32.4 Å². The molecule has 0 spiro atoms. The highest BCUT2D eigenvalue weighted by Gasteiger charge is 2.23. The predicted molar refractivity (Wildman–Crippen MR) is 118 cm³/mol. The molecule has 0 saturated heterocycles. The largest absolute Gasteiger partial charge is 0.462 e. The van der Waals surface area contributed by atoms with Gasteiger partial charge in [0.15, 0.2) is 0 Å². The molecule has 1 N–H and O–H groups in total. The third-order valence-electron chi connectivity index (χ3n) is 4.12. The van der Waals surface area contributed by atoms with E-state index in [1.165, 1.54) is 11.3 Å². The summed E-state index contributed by atoms with van der Waals surface area (Å²) in [7, 11) is 0. The predicted octanol–water partition coefficient (Wildman–Crippen LogP) is 5.23. The zero-order valence-corrected chi connectivity index (χ0v) is 19.0. The topological polar surface area (TPSA) is 94.3 Å². The van der Waals surface area contributed by atoms with E-state index >= 15 is 0 Å². The van der Waals surface area contributed by atoms with Crippen LogP contribution in [0.15, 0.2) is 33.9 Å². The zero-order valence-electron chi connectivity index (χ0n) is 16.7. The molecule has 0 aliphatic heterocycles. The minimum Gasteiger partial charge on any atom is -0.462 e. The summed E-state index contributed by atoms with van der Waals surface area (Å²) in [6.07, 6.45) is 0.767. The summed E-state index contributed by atoms with van der Waals surface area (Å²) < 4.78 is 10.7. The maximum atomic E-state index is 12.5. The molecule has 158 valence electrons. The fraction of sp³-hybridized carbons (Fsp3) is 0.300. The number of hydrogen-bond acceptors (Lipinski definition) is 8. The lowest BCUT2D eigenvalue weighted by atomic mass is 10.1. The number of aromatic nitrogens is 2. The summed E-state index contributed by atoms with van der Waals surface area (Å²) in [6.45, 7) is 5.88. The van der Waals surface area contributed by atoms with Crippen molar-refractivity contribution in [3.8, 4) is 11.5 Å². The number of nitrogens with one attached hydrogen (secondary N) is 1. The van der Waals surface area contributed by atoms with Crippen LogP contribution in [0.2, 0.25) is 5.02 Å². The summed E-state index contributed by atoms with van der Waals surface area (Å²) in [6, 6.07) is 7.02. The Kier molecular flexibility index (Phi) is 7.52. The first-order chi connectivity index (χ1) is 14.4. The standard InChI is InChI=1S/C20H20ClN3O4S2/c1-4-14-11(3)16(19(26)27-5-2)18(30-14)22-15(25)10-29-20-24-23-17(28-20)12-6-8-13(21)9-7-12/h6-9H,4-5,10H2,1-3H3,(H,22,25). The number of rotatable bonds is 8. The van der Waals surface area contributed by atoms with Gasteiger partial charge < -0.3 is 14.5 Å². The number of amides is 1. The van der Waals surface area contributed by atoms with Crippen LogP contribution in [0.1, 0.15) is 34.6 Å². The maximum absolute atomic E-state index is 12.5. The van der Waals surface area contributed by atoms with Crippen LogP contribution in [0.3, 0.4) is 0 Å². The van der Waals surface area contributed by atoms with Crippen LogP contribution in [-0.2, 0) is 16.0 Å². The third kappa shape index (κ3) is 5.21. The number of carbonyl (C=O) groups is 2. The van der Waals surface area contributed by atoms with Gasteiger partial charge in [0.25, 0.3) is 5.22 Å². The molecule has 0 saturated carbocycles. The van der Waals surface area contributed by atoms with Crippen LogP contribution in [0.5, 0.6) is 0 Å². The monoisotopic (exact) mass is 465 g/mol. The van der Waals surface area contributed by atoms with E-state index in [2.05, 4.69) is 15.5 Å². The first kappa shape index (κ1) is 22.3. The highest BCUT2D eigenvalue weighted by Crippen LogP contribution is 2.34. The molecule has 0 fully saturated rings. The van der Waals surface area contributed by atoms with E-state index in [0.717, 1.165) is 34.2 Å². The molecule has 0 radical (unpaired) electrons. The Bertz CT molecular complexity index is 1050. The molecule has 10 heteroatoms. The highest BCUT2D eigenvalue weighted by atomic mass is 35.5. The van der Waals surface area contributed by atoms with Crippen molar-refractivity contribution in [1.29, 1.82) is 0 Å². The van der Waals surface area contributed by atoms with Gasteiger partial charge in [0.2, 0.25) is 11.8 Å². The van der Waals surface area contributed by atoms with Crippen molar-refractivity contribution in [1.82, 2.24) is 10.2 Å². The van der Waals surface area contributed by atoms with E-state index in [1.807, 2.05) is 13.8 Å². The van der Waals surface area contributed by atoms with Gasteiger partial charge in [0, 0.05) is 15.5 Å². The number of anilines is 1. The van der Waals surface area contributed by atoms with Crippen LogP contribution in [0.25, 0.3) is 11.5 Å². The molecule has 0 unspecified atom stereocenters. The smallest absolute Gasteiger partial charge is 0.341 e. The van der Waals surface area contributed by atoms with Crippen molar-refractivity contribution in [3.63, 3.8) is 0 Å². The second kappa shape index (κ2) is 10.1.